The zero-order chi connectivity index (χ0) is 12.6. The number of amides is 1. The van der Waals surface area contributed by atoms with Crippen molar-refractivity contribution in [2.24, 2.45) is 0 Å². The topological polar surface area (TPSA) is 59.2 Å². The first-order valence-corrected chi connectivity index (χ1v) is 5.65. The van der Waals surface area contributed by atoms with E-state index in [2.05, 4.69) is 4.98 Å². The minimum Gasteiger partial charge on any atom is -0.381 e. The highest BCUT2D eigenvalue weighted by atomic mass is 19.1. The van der Waals surface area contributed by atoms with Crippen molar-refractivity contribution in [2.75, 3.05) is 12.3 Å². The summed E-state index contributed by atoms with van der Waals surface area (Å²) in [6.45, 7) is 4.63. The van der Waals surface area contributed by atoms with E-state index in [9.17, 15) is 9.18 Å². The van der Waals surface area contributed by atoms with Gasteiger partial charge in [0.1, 0.15) is 0 Å². The van der Waals surface area contributed by atoms with Crippen LogP contribution in [0.3, 0.4) is 0 Å². The van der Waals surface area contributed by atoms with Crippen LogP contribution in [-0.2, 0) is 0 Å². The van der Waals surface area contributed by atoms with E-state index in [0.717, 1.165) is 12.8 Å². The Labute approximate surface area is 99.6 Å². The van der Waals surface area contributed by atoms with Gasteiger partial charge in [-0.1, -0.05) is 0 Å². The first-order valence-electron chi connectivity index (χ1n) is 5.65. The van der Waals surface area contributed by atoms with Crippen LogP contribution in [0.1, 0.15) is 37.0 Å². The molecule has 4 nitrogen and oxygen atoms in total. The van der Waals surface area contributed by atoms with Gasteiger partial charge in [-0.15, -0.1) is 0 Å². The number of nitrogen functional groups attached to an aromatic ring is 1. The van der Waals surface area contributed by atoms with Crippen molar-refractivity contribution in [2.45, 2.75) is 32.2 Å². The van der Waals surface area contributed by atoms with E-state index < -0.39 is 5.82 Å². The number of nitrogens with two attached hydrogens (primary N) is 1. The number of likely N-dealkylation sites (tertiary alicyclic amines) is 1. The highest BCUT2D eigenvalue weighted by Gasteiger charge is 2.36. The van der Waals surface area contributed by atoms with E-state index in [0.29, 0.717) is 6.54 Å². The summed E-state index contributed by atoms with van der Waals surface area (Å²) in [4.78, 5) is 17.6. The summed E-state index contributed by atoms with van der Waals surface area (Å²) in [5.41, 5.74) is 5.15. The van der Waals surface area contributed by atoms with E-state index in [-0.39, 0.29) is 22.8 Å². The van der Waals surface area contributed by atoms with Crippen LogP contribution < -0.4 is 5.73 Å². The quantitative estimate of drug-likeness (QED) is 0.810. The molecule has 0 radical (unpaired) electrons. The molecule has 0 unspecified atom stereocenters. The number of pyridine rings is 1. The molecule has 0 atom stereocenters. The fourth-order valence-corrected chi connectivity index (χ4v) is 2.25. The Morgan fingerprint density at radius 2 is 2.29 bits per heavy atom. The molecule has 0 aromatic carbocycles. The van der Waals surface area contributed by atoms with Crippen LogP contribution in [0.5, 0.6) is 0 Å². The number of hydrogen-bond donors (Lipinski definition) is 1. The molecule has 1 aromatic rings. The van der Waals surface area contributed by atoms with E-state index in [1.807, 2.05) is 13.8 Å². The second kappa shape index (κ2) is 3.98. The van der Waals surface area contributed by atoms with Gasteiger partial charge in [-0.25, -0.2) is 9.37 Å². The molecule has 5 heteroatoms. The number of halogens is 1. The second-order valence-electron chi connectivity index (χ2n) is 4.93. The van der Waals surface area contributed by atoms with Crippen LogP contribution in [0.2, 0.25) is 0 Å². The first-order chi connectivity index (χ1) is 7.93. The number of carbonyl (C=O) groups is 1. The first kappa shape index (κ1) is 11.8. The fraction of sp³-hybridized carbons (Fsp3) is 0.500. The predicted octanol–water partition coefficient (Wildman–Crippen LogP) is 1.82. The van der Waals surface area contributed by atoms with Gasteiger partial charge in [0.15, 0.2) is 11.6 Å². The van der Waals surface area contributed by atoms with Gasteiger partial charge in [-0.05, 0) is 32.8 Å². The maximum absolute atomic E-state index is 13.7. The van der Waals surface area contributed by atoms with Gasteiger partial charge < -0.3 is 10.6 Å². The molecule has 2 rings (SSSR count). The van der Waals surface area contributed by atoms with Crippen molar-refractivity contribution in [1.82, 2.24) is 9.88 Å². The predicted molar refractivity (Wildman–Crippen MR) is 63.0 cm³/mol. The number of nitrogens with zero attached hydrogens (tertiary/aromatic N) is 2. The molecule has 1 amide bonds. The molecule has 0 spiro atoms. The van der Waals surface area contributed by atoms with Crippen molar-refractivity contribution in [3.63, 3.8) is 0 Å². The number of hydrogen-bond acceptors (Lipinski definition) is 3. The molecule has 1 aromatic heterocycles. The third-order valence-electron chi connectivity index (χ3n) is 3.29. The largest absolute Gasteiger partial charge is 0.381 e. The normalized spacial score (nSPS) is 18.4. The zero-order valence-electron chi connectivity index (χ0n) is 10.0. The Bertz CT molecular complexity index is 459. The lowest BCUT2D eigenvalue weighted by Gasteiger charge is -2.31. The third kappa shape index (κ3) is 1.97. The smallest absolute Gasteiger partial charge is 0.257 e. The lowest BCUT2D eigenvalue weighted by atomic mass is 10.0. The Morgan fingerprint density at radius 3 is 2.88 bits per heavy atom. The minimum absolute atomic E-state index is 0.00692. The lowest BCUT2D eigenvalue weighted by molar-refractivity contribution is 0.0647. The van der Waals surface area contributed by atoms with Crippen LogP contribution in [0, 0.1) is 5.82 Å². The standard InChI is InChI=1S/C12H16FN3O/c1-12(2)5-3-7-16(12)11(17)8-4-6-15-10(14)9(8)13/h4,6H,3,5,7H2,1-2H3,(H2,14,15). The Kier molecular flexibility index (Phi) is 2.77. The summed E-state index contributed by atoms with van der Waals surface area (Å²) in [5.74, 6) is -1.26. The van der Waals surface area contributed by atoms with Crippen molar-refractivity contribution in [1.29, 1.82) is 0 Å². The van der Waals surface area contributed by atoms with Crippen molar-refractivity contribution < 1.29 is 9.18 Å². The van der Waals surface area contributed by atoms with Gasteiger partial charge in [-0.3, -0.25) is 4.79 Å². The van der Waals surface area contributed by atoms with E-state index in [1.165, 1.54) is 12.3 Å². The van der Waals surface area contributed by atoms with Crippen LogP contribution in [0.25, 0.3) is 0 Å². The van der Waals surface area contributed by atoms with Crippen LogP contribution in [0.4, 0.5) is 10.2 Å². The number of carbonyl (C=O) groups excluding carboxylic acids is 1. The van der Waals surface area contributed by atoms with Crippen molar-refractivity contribution >= 4 is 11.7 Å². The van der Waals surface area contributed by atoms with Crippen LogP contribution >= 0.6 is 0 Å². The Morgan fingerprint density at radius 1 is 1.59 bits per heavy atom. The number of rotatable bonds is 1. The highest BCUT2D eigenvalue weighted by Crippen LogP contribution is 2.30. The summed E-state index contributed by atoms with van der Waals surface area (Å²) in [6, 6.07) is 1.38. The molecule has 17 heavy (non-hydrogen) atoms. The van der Waals surface area contributed by atoms with Crippen LogP contribution in [-0.4, -0.2) is 27.9 Å². The van der Waals surface area contributed by atoms with Crippen molar-refractivity contribution in [3.05, 3.63) is 23.6 Å². The molecular weight excluding hydrogens is 221 g/mol. The molecule has 0 aliphatic carbocycles. The molecule has 2 N–H and O–H groups in total. The van der Waals surface area contributed by atoms with Gasteiger partial charge >= 0.3 is 0 Å². The summed E-state index contributed by atoms with van der Waals surface area (Å²) in [7, 11) is 0. The SMILES string of the molecule is CC1(C)CCCN1C(=O)c1ccnc(N)c1F. The summed E-state index contributed by atoms with van der Waals surface area (Å²) >= 11 is 0. The molecule has 0 saturated carbocycles. The Hall–Kier alpha value is -1.65. The van der Waals surface area contributed by atoms with Gasteiger partial charge in [-0.2, -0.15) is 0 Å². The zero-order valence-corrected chi connectivity index (χ0v) is 10.0. The fourth-order valence-electron chi connectivity index (χ4n) is 2.25. The van der Waals surface area contributed by atoms with Crippen LogP contribution in [0.15, 0.2) is 12.3 Å². The molecule has 1 aliphatic heterocycles. The lowest BCUT2D eigenvalue weighted by Crippen LogP contribution is -2.43. The molecule has 1 fully saturated rings. The molecule has 1 aliphatic rings. The average Bonchev–Trinajstić information content (AvgIpc) is 2.61. The summed E-state index contributed by atoms with van der Waals surface area (Å²) in [5, 5.41) is 0. The minimum atomic E-state index is -0.722. The van der Waals surface area contributed by atoms with E-state index in [4.69, 9.17) is 5.73 Å². The van der Waals surface area contributed by atoms with Gasteiger partial charge in [0.05, 0.1) is 5.56 Å². The number of aromatic nitrogens is 1. The third-order valence-corrected chi connectivity index (χ3v) is 3.29. The van der Waals surface area contributed by atoms with Gasteiger partial charge in [0, 0.05) is 18.3 Å². The molecule has 2 heterocycles. The average molecular weight is 237 g/mol. The molecule has 92 valence electrons. The maximum atomic E-state index is 13.7. The second-order valence-corrected chi connectivity index (χ2v) is 4.93. The van der Waals surface area contributed by atoms with Gasteiger partial charge in [0.25, 0.3) is 5.91 Å². The number of anilines is 1. The van der Waals surface area contributed by atoms with Crippen molar-refractivity contribution in [3.8, 4) is 0 Å². The monoisotopic (exact) mass is 237 g/mol. The molecule has 0 bridgehead atoms. The van der Waals surface area contributed by atoms with E-state index in [1.54, 1.807) is 4.90 Å². The highest BCUT2D eigenvalue weighted by molar-refractivity contribution is 5.95. The summed E-state index contributed by atoms with van der Waals surface area (Å²) < 4.78 is 13.7. The summed E-state index contributed by atoms with van der Waals surface area (Å²) in [6.07, 6.45) is 3.23. The molecule has 1 saturated heterocycles. The maximum Gasteiger partial charge on any atom is 0.257 e. The van der Waals surface area contributed by atoms with Gasteiger partial charge in [0.2, 0.25) is 0 Å². The Balaban J connectivity index is 2.35. The van der Waals surface area contributed by atoms with E-state index >= 15 is 0 Å². The molecular formula is C12H16FN3O.